The molecule has 0 aromatic carbocycles. The summed E-state index contributed by atoms with van der Waals surface area (Å²) in [7, 11) is -2.17. The first-order valence-corrected chi connectivity index (χ1v) is 2.23. The van der Waals surface area contributed by atoms with Crippen LogP contribution in [-0.2, 0) is 14.5 Å². The van der Waals surface area contributed by atoms with Crippen molar-refractivity contribution in [2.45, 2.75) is 0 Å². The fourth-order valence-electron chi connectivity index (χ4n) is 0.0330. The molecule has 8 nitrogen and oxygen atoms in total. The van der Waals surface area contributed by atoms with Gasteiger partial charge in [0, 0.05) is 4.53 Å². The van der Waals surface area contributed by atoms with E-state index in [0.717, 1.165) is 0 Å². The average molecular weight is 205 g/mol. The molecule has 0 rings (SSSR count). The van der Waals surface area contributed by atoms with Gasteiger partial charge in [-0.2, -0.15) is 5.96 Å². The van der Waals surface area contributed by atoms with Crippen LogP contribution < -0.4 is 5.96 Å². The van der Waals surface area contributed by atoms with Gasteiger partial charge in [-0.3, -0.25) is 0 Å². The second-order valence-electron chi connectivity index (χ2n) is 1.02. The molecule has 6 N–H and O–H groups in total. The van der Waals surface area contributed by atoms with Gasteiger partial charge in [-0.05, 0) is 0 Å². The summed E-state index contributed by atoms with van der Waals surface area (Å²) in [4.78, 5) is 20.8. The lowest BCUT2D eigenvalue weighted by molar-refractivity contribution is -0.192. The van der Waals surface area contributed by atoms with Crippen molar-refractivity contribution in [3.8, 4) is 0 Å². The van der Waals surface area contributed by atoms with E-state index in [1.54, 1.807) is 0 Å². The Labute approximate surface area is 70.2 Å². The fraction of sp³-hybridized carbons (Fsp3) is 0. The summed E-state index contributed by atoms with van der Waals surface area (Å²) in [6.07, 6.45) is 0. The Morgan fingerprint density at radius 1 is 1.23 bits per heavy atom. The van der Waals surface area contributed by atoms with Crippen LogP contribution >= 0.6 is 0 Å². The maximum Gasteiger partial charge on any atom is 0.631 e. The lowest BCUT2D eigenvalue weighted by atomic mass is 10.3. The van der Waals surface area contributed by atoms with E-state index in [0.29, 0.717) is 0 Å². The van der Waals surface area contributed by atoms with Gasteiger partial charge >= 0.3 is 19.3 Å². The number of hydrogen-bond donors (Lipinski definition) is 5. The Hall–Kier alpha value is -1.30. The highest BCUT2D eigenvalue weighted by atomic mass is 19.3. The number of carboxylic acids is 1. The normalized spacial score (nSPS) is 6.62. The van der Waals surface area contributed by atoms with Crippen molar-refractivity contribution in [1.82, 2.24) is 0 Å². The smallest absolute Gasteiger partial charge is 0.473 e. The van der Waals surface area contributed by atoms with Crippen LogP contribution in [-0.4, -0.2) is 39.4 Å². The first-order valence-electron chi connectivity index (χ1n) is 2.23. The summed E-state index contributed by atoms with van der Waals surface area (Å²) in [5.41, 5.74) is 0. The monoisotopic (exact) mass is 205 g/mol. The highest BCUT2D eigenvalue weighted by molar-refractivity contribution is 6.30. The van der Waals surface area contributed by atoms with Gasteiger partial charge in [0.1, 0.15) is 0 Å². The van der Waals surface area contributed by atoms with Gasteiger partial charge in [0.05, 0.1) is 0 Å². The molecule has 0 unspecified atom stereocenters. The fourth-order valence-corrected chi connectivity index (χ4v) is 0.0330. The highest BCUT2D eigenvalue weighted by Gasteiger charge is 2.12. The number of rotatable bonds is 0. The minimum Gasteiger partial charge on any atom is -0.473 e. The molecular formula is C2H6BF2NO7. The van der Waals surface area contributed by atoms with Gasteiger partial charge in [0.15, 0.2) is 0 Å². The first-order chi connectivity index (χ1) is 5.91. The molecule has 0 heterocycles. The van der Waals surface area contributed by atoms with Crippen LogP contribution in [0.4, 0.5) is 9.01 Å². The third kappa shape index (κ3) is 36.6. The lowest BCUT2D eigenvalue weighted by Crippen LogP contribution is -2.11. The predicted octanol–water partition coefficient (Wildman–Crippen LogP) is -2.72. The zero-order valence-electron chi connectivity index (χ0n) is 5.92. The Balaban J connectivity index is -0.000000142. The largest absolute Gasteiger partial charge is 0.631 e. The summed E-state index contributed by atoms with van der Waals surface area (Å²) in [6, 6.07) is 0. The van der Waals surface area contributed by atoms with Crippen LogP contribution in [0.15, 0.2) is 0 Å². The molecule has 0 saturated carbocycles. The molecule has 0 amide bonds. The third-order valence-electron chi connectivity index (χ3n) is 0.245. The zero-order chi connectivity index (χ0) is 11.4. The molecule has 0 fully saturated rings. The highest BCUT2D eigenvalue weighted by Crippen LogP contribution is 1.74. The molecule has 0 radical (unpaired) electrons. The number of hydrogen-bond acceptors (Lipinski definition) is 7. The molecule has 0 aromatic heterocycles. The summed E-state index contributed by atoms with van der Waals surface area (Å²) in [5, 5.41) is 29.0. The van der Waals surface area contributed by atoms with Gasteiger partial charge in [0.2, 0.25) is 0 Å². The van der Waals surface area contributed by atoms with E-state index in [1.165, 1.54) is 0 Å². The van der Waals surface area contributed by atoms with Crippen molar-refractivity contribution in [3.63, 3.8) is 0 Å². The number of carbonyl (C=O) groups excluding carboxylic acids is 1. The molecular weight excluding hydrogens is 199 g/mol. The topological polar surface area (TPSA) is 150 Å². The van der Waals surface area contributed by atoms with Crippen molar-refractivity contribution >= 4 is 19.3 Å². The van der Waals surface area contributed by atoms with E-state index in [2.05, 4.69) is 10.9 Å². The second-order valence-corrected chi connectivity index (χ2v) is 1.02. The van der Waals surface area contributed by atoms with Gasteiger partial charge in [-0.1, -0.05) is 0 Å². The number of carboxylic acid groups (broad SMARTS) is 1. The predicted molar refractivity (Wildman–Crippen MR) is 32.5 cm³/mol. The van der Waals surface area contributed by atoms with Crippen LogP contribution in [0.2, 0.25) is 0 Å². The van der Waals surface area contributed by atoms with Gasteiger partial charge < -0.3 is 20.2 Å². The Bertz CT molecular complexity index is 140. The molecule has 0 bridgehead atoms. The van der Waals surface area contributed by atoms with Crippen molar-refractivity contribution in [3.05, 3.63) is 0 Å². The lowest BCUT2D eigenvalue weighted by Gasteiger charge is -1.78. The van der Waals surface area contributed by atoms with E-state index < -0.39 is 19.3 Å². The molecule has 78 valence electrons. The van der Waals surface area contributed by atoms with Crippen molar-refractivity contribution < 1.29 is 43.7 Å². The van der Waals surface area contributed by atoms with Crippen LogP contribution in [0.3, 0.4) is 0 Å². The Morgan fingerprint density at radius 2 is 1.46 bits per heavy atom. The molecule has 0 saturated heterocycles. The molecule has 0 spiro atoms. The molecule has 0 aliphatic rings. The number of carbonyl (C=O) groups is 2. The zero-order valence-corrected chi connectivity index (χ0v) is 5.92. The molecule has 0 atom stereocenters. The van der Waals surface area contributed by atoms with Crippen molar-refractivity contribution in [1.29, 1.82) is 0 Å². The van der Waals surface area contributed by atoms with Crippen LogP contribution in [0.1, 0.15) is 0 Å². The van der Waals surface area contributed by atoms with Gasteiger partial charge in [0.25, 0.3) is 0 Å². The van der Waals surface area contributed by atoms with Crippen LogP contribution in [0.5, 0.6) is 0 Å². The summed E-state index contributed by atoms with van der Waals surface area (Å²) in [6.45, 7) is 0. The number of halogens is 2. The van der Waals surface area contributed by atoms with E-state index in [1.807, 2.05) is 0 Å². The molecule has 11 heteroatoms. The maximum absolute atomic E-state index is 10.4. The summed E-state index contributed by atoms with van der Waals surface area (Å²) in [5.74, 6) is -0.845. The molecule has 0 aromatic rings. The van der Waals surface area contributed by atoms with E-state index >= 15 is 0 Å². The number of aliphatic carboxylic acids is 1. The average Bonchev–Trinajstić information content (AvgIpc) is 2.05. The second kappa shape index (κ2) is 13.3. The molecule has 0 aliphatic heterocycles. The molecule has 0 aliphatic carbocycles. The van der Waals surface area contributed by atoms with E-state index in [-0.39, 0.29) is 0 Å². The van der Waals surface area contributed by atoms with Gasteiger partial charge in [-0.25, -0.2) is 14.5 Å². The third-order valence-corrected chi connectivity index (χ3v) is 0.245. The standard InChI is InChI=1S/C2HFO4.BH3O3.FH2N/c3-7-2(6)1(4)5;2-1(3)4;1-2/h(H,4,5);2-4H;2H2. The minimum atomic E-state index is -2.17. The molecule has 13 heavy (non-hydrogen) atoms. The minimum absolute atomic E-state index is 1.90. The SMILES string of the molecule is NF.O=C(O)C(=O)OF.OB(O)O. The summed E-state index contributed by atoms with van der Waals surface area (Å²) < 4.78 is 19.4. The van der Waals surface area contributed by atoms with Crippen molar-refractivity contribution in [2.24, 2.45) is 5.96 Å². The number of nitrogens with two attached hydrogens (primary N) is 1. The van der Waals surface area contributed by atoms with Crippen LogP contribution in [0, 0.1) is 0 Å². The Kier molecular flexibility index (Phi) is 18.1. The van der Waals surface area contributed by atoms with Gasteiger partial charge in [-0.15, -0.1) is 4.48 Å². The first kappa shape index (κ1) is 17.7. The van der Waals surface area contributed by atoms with Crippen molar-refractivity contribution in [2.75, 3.05) is 0 Å². The van der Waals surface area contributed by atoms with Crippen LogP contribution in [0.25, 0.3) is 0 Å². The quantitative estimate of drug-likeness (QED) is 0.162. The summed E-state index contributed by atoms with van der Waals surface area (Å²) >= 11 is 0. The van der Waals surface area contributed by atoms with E-state index in [4.69, 9.17) is 24.7 Å². The van der Waals surface area contributed by atoms with E-state index in [9.17, 15) is 14.1 Å². The maximum atomic E-state index is 10.4. The Morgan fingerprint density at radius 3 is 1.46 bits per heavy atom.